The Morgan fingerprint density at radius 2 is 1.87 bits per heavy atom. The zero-order valence-corrected chi connectivity index (χ0v) is 17.2. The summed E-state index contributed by atoms with van der Waals surface area (Å²) in [5.74, 6) is -0.813. The molecule has 1 aliphatic rings. The highest BCUT2D eigenvalue weighted by Gasteiger charge is 2.33. The first-order chi connectivity index (χ1) is 14.5. The van der Waals surface area contributed by atoms with Crippen LogP contribution in [0.15, 0.2) is 72.1 Å². The number of nitrogens with zero attached hydrogens (tertiary/aromatic N) is 2. The number of para-hydroxylation sites is 1. The number of allylic oxidation sites excluding steroid dienone is 1. The highest BCUT2D eigenvalue weighted by molar-refractivity contribution is 7.80. The van der Waals surface area contributed by atoms with Crippen molar-refractivity contribution in [2.24, 2.45) is 0 Å². The Morgan fingerprint density at radius 1 is 1.17 bits per heavy atom. The lowest BCUT2D eigenvalue weighted by atomic mass is 9.94. The van der Waals surface area contributed by atoms with Gasteiger partial charge in [0.1, 0.15) is 5.82 Å². The van der Waals surface area contributed by atoms with E-state index in [0.29, 0.717) is 33.2 Å². The van der Waals surface area contributed by atoms with E-state index in [1.165, 1.54) is 19.2 Å². The highest BCUT2D eigenvalue weighted by atomic mass is 32.1. The first-order valence-electron chi connectivity index (χ1n) is 9.25. The van der Waals surface area contributed by atoms with Gasteiger partial charge in [-0.05, 0) is 55.5 Å². The maximum Gasteiger partial charge on any atom is 0.337 e. The standard InChI is InChI=1S/C22H19FN4O2S/c1-13-18(21(28)29-2)20(25-22(30)24-13)17-12-27(16-6-4-3-5-7-16)26-19(17)14-8-10-15(23)11-9-14/h3-12,20H,1-2H3,(H2,24,25,30)/t20-/m0/s1. The largest absolute Gasteiger partial charge is 0.466 e. The number of methoxy groups -OCH3 is 1. The summed E-state index contributed by atoms with van der Waals surface area (Å²) in [5.41, 5.74) is 3.90. The second kappa shape index (κ2) is 8.08. The van der Waals surface area contributed by atoms with E-state index in [9.17, 15) is 9.18 Å². The molecule has 152 valence electrons. The normalized spacial score (nSPS) is 16.1. The Bertz CT molecular complexity index is 1140. The molecule has 0 radical (unpaired) electrons. The number of carbonyl (C=O) groups is 1. The van der Waals surface area contributed by atoms with E-state index in [4.69, 9.17) is 22.1 Å². The minimum atomic E-state index is -0.580. The second-order valence-corrected chi connectivity index (χ2v) is 7.19. The molecule has 1 aliphatic heterocycles. The molecule has 30 heavy (non-hydrogen) atoms. The van der Waals surface area contributed by atoms with E-state index in [-0.39, 0.29) is 5.82 Å². The second-order valence-electron chi connectivity index (χ2n) is 6.78. The van der Waals surface area contributed by atoms with Crippen LogP contribution >= 0.6 is 12.2 Å². The summed E-state index contributed by atoms with van der Waals surface area (Å²) in [4.78, 5) is 12.6. The third-order valence-corrected chi connectivity index (χ3v) is 5.09. The molecule has 3 aromatic rings. The molecule has 2 heterocycles. The van der Waals surface area contributed by atoms with Gasteiger partial charge in [0.2, 0.25) is 0 Å². The fourth-order valence-corrected chi connectivity index (χ4v) is 3.72. The van der Waals surface area contributed by atoms with Gasteiger partial charge in [0, 0.05) is 23.0 Å². The first-order valence-corrected chi connectivity index (χ1v) is 9.66. The minimum absolute atomic E-state index is 0.338. The maximum absolute atomic E-state index is 13.5. The summed E-state index contributed by atoms with van der Waals surface area (Å²) < 4.78 is 20.2. The molecule has 0 fully saturated rings. The zero-order chi connectivity index (χ0) is 21.3. The van der Waals surface area contributed by atoms with Crippen LogP contribution in [0.2, 0.25) is 0 Å². The van der Waals surface area contributed by atoms with Gasteiger partial charge in [-0.3, -0.25) is 0 Å². The van der Waals surface area contributed by atoms with Gasteiger partial charge in [-0.2, -0.15) is 5.10 Å². The molecule has 0 unspecified atom stereocenters. The number of thiocarbonyl (C=S) groups is 1. The highest BCUT2D eigenvalue weighted by Crippen LogP contribution is 2.35. The lowest BCUT2D eigenvalue weighted by Crippen LogP contribution is -2.45. The number of rotatable bonds is 4. The van der Waals surface area contributed by atoms with Gasteiger partial charge in [-0.15, -0.1) is 0 Å². The Hall–Kier alpha value is -3.52. The van der Waals surface area contributed by atoms with Gasteiger partial charge in [-0.1, -0.05) is 18.2 Å². The van der Waals surface area contributed by atoms with Crippen molar-refractivity contribution in [3.8, 4) is 16.9 Å². The van der Waals surface area contributed by atoms with Crippen LogP contribution < -0.4 is 10.6 Å². The Kier molecular flexibility index (Phi) is 5.33. The van der Waals surface area contributed by atoms with E-state index in [0.717, 1.165) is 5.69 Å². The molecule has 2 aromatic carbocycles. The monoisotopic (exact) mass is 422 g/mol. The number of nitrogens with one attached hydrogen (secondary N) is 2. The molecule has 0 aliphatic carbocycles. The average molecular weight is 422 g/mol. The van der Waals surface area contributed by atoms with Crippen molar-refractivity contribution in [2.45, 2.75) is 13.0 Å². The number of carbonyl (C=O) groups excluding carboxylic acids is 1. The first kappa shape index (κ1) is 19.8. The van der Waals surface area contributed by atoms with Crippen LogP contribution in [-0.4, -0.2) is 28.0 Å². The van der Waals surface area contributed by atoms with Crippen LogP contribution in [0.4, 0.5) is 4.39 Å². The summed E-state index contributed by atoms with van der Waals surface area (Å²) in [5, 5.41) is 11.3. The van der Waals surface area contributed by atoms with Gasteiger partial charge in [0.15, 0.2) is 5.11 Å². The lowest BCUT2D eigenvalue weighted by Gasteiger charge is -2.29. The van der Waals surface area contributed by atoms with Crippen LogP contribution in [0.5, 0.6) is 0 Å². The molecule has 1 atom stereocenters. The molecule has 0 amide bonds. The van der Waals surface area contributed by atoms with Gasteiger partial charge >= 0.3 is 5.97 Å². The lowest BCUT2D eigenvalue weighted by molar-refractivity contribution is -0.136. The van der Waals surface area contributed by atoms with Gasteiger partial charge in [0.05, 0.1) is 30.1 Å². The third-order valence-electron chi connectivity index (χ3n) is 4.87. The summed E-state index contributed by atoms with van der Waals surface area (Å²) in [7, 11) is 1.33. The fourth-order valence-electron chi connectivity index (χ4n) is 3.45. The smallest absolute Gasteiger partial charge is 0.337 e. The Labute approximate surface area is 178 Å². The van der Waals surface area contributed by atoms with Crippen LogP contribution in [0.3, 0.4) is 0 Å². The topological polar surface area (TPSA) is 68.2 Å². The molecular formula is C22H19FN4O2S. The number of esters is 1. The van der Waals surface area contributed by atoms with Gasteiger partial charge in [-0.25, -0.2) is 13.9 Å². The van der Waals surface area contributed by atoms with Crippen LogP contribution in [0.25, 0.3) is 16.9 Å². The van der Waals surface area contributed by atoms with Crippen LogP contribution in [0, 0.1) is 5.82 Å². The van der Waals surface area contributed by atoms with E-state index in [1.807, 2.05) is 36.5 Å². The summed E-state index contributed by atoms with van der Waals surface area (Å²) in [6.45, 7) is 1.77. The summed E-state index contributed by atoms with van der Waals surface area (Å²) >= 11 is 5.33. The van der Waals surface area contributed by atoms with Crippen molar-refractivity contribution in [3.05, 3.63) is 83.4 Å². The average Bonchev–Trinajstić information content (AvgIpc) is 3.19. The maximum atomic E-state index is 13.5. The minimum Gasteiger partial charge on any atom is -0.466 e. The number of hydrogen-bond donors (Lipinski definition) is 2. The molecule has 4 rings (SSSR count). The van der Waals surface area contributed by atoms with Crippen molar-refractivity contribution >= 4 is 23.3 Å². The molecule has 6 nitrogen and oxygen atoms in total. The fraction of sp³-hybridized carbons (Fsp3) is 0.136. The van der Waals surface area contributed by atoms with E-state index in [2.05, 4.69) is 10.6 Å². The third kappa shape index (κ3) is 3.69. The van der Waals surface area contributed by atoms with Crippen molar-refractivity contribution < 1.29 is 13.9 Å². The van der Waals surface area contributed by atoms with E-state index in [1.54, 1.807) is 23.7 Å². The van der Waals surface area contributed by atoms with E-state index >= 15 is 0 Å². The number of aromatic nitrogens is 2. The quantitative estimate of drug-likeness (QED) is 0.494. The molecule has 0 saturated heterocycles. The SMILES string of the molecule is COC(=O)C1=C(C)NC(=S)N[C@H]1c1cn(-c2ccccc2)nc1-c1ccc(F)cc1. The van der Waals surface area contributed by atoms with Crippen molar-refractivity contribution in [1.29, 1.82) is 0 Å². The van der Waals surface area contributed by atoms with Crippen LogP contribution in [0.1, 0.15) is 18.5 Å². The van der Waals surface area contributed by atoms with Crippen molar-refractivity contribution in [2.75, 3.05) is 7.11 Å². The molecule has 2 N–H and O–H groups in total. The zero-order valence-electron chi connectivity index (χ0n) is 16.3. The van der Waals surface area contributed by atoms with E-state index < -0.39 is 12.0 Å². The Morgan fingerprint density at radius 3 is 2.53 bits per heavy atom. The molecule has 1 aromatic heterocycles. The van der Waals surface area contributed by atoms with Gasteiger partial charge < -0.3 is 15.4 Å². The number of ether oxygens (including phenoxy) is 1. The molecule has 0 saturated carbocycles. The molecule has 0 bridgehead atoms. The Balaban J connectivity index is 1.92. The summed E-state index contributed by atoms with van der Waals surface area (Å²) in [6, 6.07) is 15.1. The summed E-state index contributed by atoms with van der Waals surface area (Å²) in [6.07, 6.45) is 1.84. The number of benzene rings is 2. The molecular weight excluding hydrogens is 403 g/mol. The molecule has 8 heteroatoms. The number of hydrogen-bond acceptors (Lipinski definition) is 4. The van der Waals surface area contributed by atoms with Crippen molar-refractivity contribution in [3.63, 3.8) is 0 Å². The van der Waals surface area contributed by atoms with Gasteiger partial charge in [0.25, 0.3) is 0 Å². The number of halogens is 1. The van der Waals surface area contributed by atoms with Crippen LogP contribution in [-0.2, 0) is 9.53 Å². The predicted molar refractivity (Wildman–Crippen MR) is 115 cm³/mol. The molecule has 0 spiro atoms. The predicted octanol–water partition coefficient (Wildman–Crippen LogP) is 3.64. The van der Waals surface area contributed by atoms with Crippen molar-refractivity contribution in [1.82, 2.24) is 20.4 Å².